The van der Waals surface area contributed by atoms with E-state index in [0.717, 1.165) is 11.4 Å². The summed E-state index contributed by atoms with van der Waals surface area (Å²) in [5.74, 6) is 1.70. The zero-order valence-corrected chi connectivity index (χ0v) is 14.0. The number of rotatable bonds is 8. The van der Waals surface area contributed by atoms with Gasteiger partial charge in [-0.05, 0) is 37.3 Å². The van der Waals surface area contributed by atoms with E-state index in [0.29, 0.717) is 23.7 Å². The molecule has 2 aromatic rings. The molecule has 126 valence electrons. The van der Waals surface area contributed by atoms with Gasteiger partial charge in [0, 0.05) is 17.8 Å². The highest BCUT2D eigenvalue weighted by atomic mass is 16.5. The highest BCUT2D eigenvalue weighted by Crippen LogP contribution is 2.28. The summed E-state index contributed by atoms with van der Waals surface area (Å²) in [6.45, 7) is 2.50. The molecule has 0 heterocycles. The quantitative estimate of drug-likeness (QED) is 0.588. The van der Waals surface area contributed by atoms with Crippen LogP contribution < -0.4 is 19.5 Å². The molecular formula is C19H21NO4. The predicted molar refractivity (Wildman–Crippen MR) is 94.3 cm³/mol. The molecule has 0 unspecified atom stereocenters. The van der Waals surface area contributed by atoms with E-state index in [9.17, 15) is 4.79 Å². The maximum Gasteiger partial charge on any atom is 0.187 e. The third-order valence-electron chi connectivity index (χ3n) is 3.33. The van der Waals surface area contributed by atoms with Gasteiger partial charge in [-0.25, -0.2) is 0 Å². The average Bonchev–Trinajstić information content (AvgIpc) is 2.62. The molecule has 0 aliphatic heterocycles. The van der Waals surface area contributed by atoms with Crippen LogP contribution in [0.2, 0.25) is 0 Å². The molecule has 5 heteroatoms. The summed E-state index contributed by atoms with van der Waals surface area (Å²) in [6, 6.07) is 12.6. The van der Waals surface area contributed by atoms with Gasteiger partial charge in [-0.1, -0.05) is 12.1 Å². The lowest BCUT2D eigenvalue weighted by Crippen LogP contribution is -2.00. The van der Waals surface area contributed by atoms with Gasteiger partial charge in [-0.3, -0.25) is 4.79 Å². The summed E-state index contributed by atoms with van der Waals surface area (Å²) in [7, 11) is 3.09. The lowest BCUT2D eigenvalue weighted by molar-refractivity contribution is 0.104. The van der Waals surface area contributed by atoms with Gasteiger partial charge in [0.2, 0.25) is 0 Å². The van der Waals surface area contributed by atoms with E-state index >= 15 is 0 Å². The van der Waals surface area contributed by atoms with Crippen LogP contribution in [0.4, 0.5) is 5.69 Å². The minimum Gasteiger partial charge on any atom is -0.493 e. The van der Waals surface area contributed by atoms with Crippen molar-refractivity contribution < 1.29 is 19.0 Å². The van der Waals surface area contributed by atoms with Gasteiger partial charge >= 0.3 is 0 Å². The van der Waals surface area contributed by atoms with Crippen LogP contribution in [0.3, 0.4) is 0 Å². The van der Waals surface area contributed by atoms with E-state index in [4.69, 9.17) is 14.2 Å². The summed E-state index contributed by atoms with van der Waals surface area (Å²) in [6.07, 6.45) is 3.06. The Morgan fingerprint density at radius 2 is 1.79 bits per heavy atom. The number of anilines is 1. The molecule has 0 aromatic heterocycles. The molecule has 0 aliphatic carbocycles. The third kappa shape index (κ3) is 4.29. The highest BCUT2D eigenvalue weighted by molar-refractivity contribution is 6.05. The normalized spacial score (nSPS) is 10.5. The molecule has 0 radical (unpaired) electrons. The second kappa shape index (κ2) is 8.62. The van der Waals surface area contributed by atoms with Crippen molar-refractivity contribution in [3.63, 3.8) is 0 Å². The van der Waals surface area contributed by atoms with E-state index in [1.165, 1.54) is 13.2 Å². The van der Waals surface area contributed by atoms with Gasteiger partial charge in [0.25, 0.3) is 0 Å². The van der Waals surface area contributed by atoms with Gasteiger partial charge < -0.3 is 19.5 Å². The van der Waals surface area contributed by atoms with Crippen molar-refractivity contribution in [3.8, 4) is 17.2 Å². The van der Waals surface area contributed by atoms with Crippen LogP contribution in [0.1, 0.15) is 17.3 Å². The second-order valence-electron chi connectivity index (χ2n) is 4.84. The molecule has 24 heavy (non-hydrogen) atoms. The monoisotopic (exact) mass is 327 g/mol. The number of ether oxygens (including phenoxy) is 3. The molecule has 0 fully saturated rings. The van der Waals surface area contributed by atoms with Crippen molar-refractivity contribution in [1.29, 1.82) is 0 Å². The highest BCUT2D eigenvalue weighted by Gasteiger charge is 2.08. The number of benzene rings is 2. The maximum absolute atomic E-state index is 12.3. The molecular weight excluding hydrogens is 306 g/mol. The van der Waals surface area contributed by atoms with E-state index < -0.39 is 0 Å². The van der Waals surface area contributed by atoms with E-state index in [2.05, 4.69) is 5.32 Å². The van der Waals surface area contributed by atoms with Crippen LogP contribution in [-0.4, -0.2) is 26.6 Å². The molecule has 0 spiro atoms. The first-order valence-corrected chi connectivity index (χ1v) is 7.60. The van der Waals surface area contributed by atoms with Crippen LogP contribution in [0.15, 0.2) is 54.7 Å². The first-order valence-electron chi connectivity index (χ1n) is 7.60. The van der Waals surface area contributed by atoms with Crippen LogP contribution >= 0.6 is 0 Å². The van der Waals surface area contributed by atoms with Crippen LogP contribution in [0, 0.1) is 0 Å². The number of methoxy groups -OCH3 is 2. The topological polar surface area (TPSA) is 56.8 Å². The molecule has 2 aromatic carbocycles. The molecule has 0 aliphatic rings. The summed E-state index contributed by atoms with van der Waals surface area (Å²) >= 11 is 0. The number of hydrogen-bond donors (Lipinski definition) is 1. The van der Waals surface area contributed by atoms with Gasteiger partial charge in [-0.2, -0.15) is 0 Å². The number of allylic oxidation sites excluding steroid dienone is 1. The predicted octanol–water partition coefficient (Wildman–Crippen LogP) is 3.91. The lowest BCUT2D eigenvalue weighted by atomic mass is 10.1. The molecule has 2 rings (SSSR count). The first kappa shape index (κ1) is 17.4. The van der Waals surface area contributed by atoms with Crippen LogP contribution in [-0.2, 0) is 0 Å². The Morgan fingerprint density at radius 1 is 1.04 bits per heavy atom. The standard InChI is InChI=1S/C19H21NO4/c1-4-24-17-8-6-5-7-15(17)20-12-11-16(21)14-9-10-18(22-2)19(13-14)23-3/h5-13,20H,4H2,1-3H3/b12-11+. The smallest absolute Gasteiger partial charge is 0.187 e. The van der Waals surface area contributed by atoms with Crippen molar-refractivity contribution in [2.75, 3.05) is 26.1 Å². The van der Waals surface area contributed by atoms with E-state index in [1.807, 2.05) is 31.2 Å². The zero-order valence-electron chi connectivity index (χ0n) is 14.0. The maximum atomic E-state index is 12.3. The fourth-order valence-corrected chi connectivity index (χ4v) is 2.16. The number of carbonyl (C=O) groups excluding carboxylic acids is 1. The molecule has 0 amide bonds. The number of ketones is 1. The fraction of sp³-hybridized carbons (Fsp3) is 0.211. The molecule has 0 saturated heterocycles. The first-order chi connectivity index (χ1) is 11.7. The van der Waals surface area contributed by atoms with Gasteiger partial charge in [0.1, 0.15) is 5.75 Å². The van der Waals surface area contributed by atoms with Crippen molar-refractivity contribution >= 4 is 11.5 Å². The summed E-state index contributed by atoms with van der Waals surface area (Å²) in [5.41, 5.74) is 1.32. The van der Waals surface area contributed by atoms with Crippen molar-refractivity contribution in [1.82, 2.24) is 0 Å². The Morgan fingerprint density at radius 3 is 2.50 bits per heavy atom. The minimum absolute atomic E-state index is 0.141. The molecule has 0 bridgehead atoms. The fourth-order valence-electron chi connectivity index (χ4n) is 2.16. The zero-order chi connectivity index (χ0) is 17.4. The summed E-state index contributed by atoms with van der Waals surface area (Å²) in [4.78, 5) is 12.3. The molecule has 5 nitrogen and oxygen atoms in total. The third-order valence-corrected chi connectivity index (χ3v) is 3.33. The van der Waals surface area contributed by atoms with Gasteiger partial charge in [0.15, 0.2) is 17.3 Å². The largest absolute Gasteiger partial charge is 0.493 e. The number of carbonyl (C=O) groups is 1. The Kier molecular flexibility index (Phi) is 6.25. The number of nitrogens with one attached hydrogen (secondary N) is 1. The minimum atomic E-state index is -0.141. The summed E-state index contributed by atoms with van der Waals surface area (Å²) in [5, 5.41) is 3.07. The Bertz CT molecular complexity index is 725. The van der Waals surface area contributed by atoms with E-state index in [1.54, 1.807) is 31.5 Å². The SMILES string of the molecule is CCOc1ccccc1N/C=C/C(=O)c1ccc(OC)c(OC)c1. The Hall–Kier alpha value is -2.95. The average molecular weight is 327 g/mol. The number of hydrogen-bond acceptors (Lipinski definition) is 5. The molecule has 1 N–H and O–H groups in total. The lowest BCUT2D eigenvalue weighted by Gasteiger charge is -2.09. The van der Waals surface area contributed by atoms with Crippen molar-refractivity contribution in [2.24, 2.45) is 0 Å². The second-order valence-corrected chi connectivity index (χ2v) is 4.84. The molecule has 0 atom stereocenters. The Balaban J connectivity index is 2.08. The Labute approximate surface area is 141 Å². The van der Waals surface area contributed by atoms with Gasteiger partial charge in [0.05, 0.1) is 26.5 Å². The van der Waals surface area contributed by atoms with Crippen LogP contribution in [0.25, 0.3) is 0 Å². The van der Waals surface area contributed by atoms with Crippen LogP contribution in [0.5, 0.6) is 17.2 Å². The van der Waals surface area contributed by atoms with Crippen molar-refractivity contribution in [2.45, 2.75) is 6.92 Å². The number of para-hydroxylation sites is 2. The van der Waals surface area contributed by atoms with Gasteiger partial charge in [-0.15, -0.1) is 0 Å². The van der Waals surface area contributed by atoms with E-state index in [-0.39, 0.29) is 5.78 Å². The summed E-state index contributed by atoms with van der Waals surface area (Å²) < 4.78 is 15.9. The van der Waals surface area contributed by atoms with Crippen molar-refractivity contribution in [3.05, 3.63) is 60.3 Å². The molecule has 0 saturated carbocycles.